The van der Waals surface area contributed by atoms with Crippen molar-refractivity contribution >= 4 is 0 Å². The van der Waals surface area contributed by atoms with Gasteiger partial charge in [-0.15, -0.1) is 0 Å². The molecule has 0 bridgehead atoms. The summed E-state index contributed by atoms with van der Waals surface area (Å²) in [5.41, 5.74) is 1.21. The van der Waals surface area contributed by atoms with Gasteiger partial charge in [0.25, 0.3) is 0 Å². The van der Waals surface area contributed by atoms with Gasteiger partial charge < -0.3 is 5.11 Å². The number of aliphatic hydroxyl groups excluding tert-OH is 1. The molecule has 132 valence electrons. The molecule has 23 heavy (non-hydrogen) atoms. The van der Waals surface area contributed by atoms with Gasteiger partial charge in [-0.05, 0) is 98.2 Å². The average Bonchev–Trinajstić information content (AvgIpc) is 2.85. The number of hydrogen-bond acceptors (Lipinski definition) is 1. The summed E-state index contributed by atoms with van der Waals surface area (Å²) in [5, 5.41) is 10.1. The van der Waals surface area contributed by atoms with Crippen LogP contribution in [0, 0.1) is 40.4 Å². The summed E-state index contributed by atoms with van der Waals surface area (Å²) in [6.07, 6.45) is 15.2. The molecule has 1 N–H and O–H groups in total. The van der Waals surface area contributed by atoms with E-state index in [0.717, 1.165) is 42.4 Å². The van der Waals surface area contributed by atoms with Crippen LogP contribution < -0.4 is 0 Å². The smallest absolute Gasteiger partial charge is 0.0543 e. The van der Waals surface area contributed by atoms with Crippen LogP contribution in [0.25, 0.3) is 0 Å². The summed E-state index contributed by atoms with van der Waals surface area (Å²) in [7, 11) is 0. The third kappa shape index (κ3) is 2.35. The van der Waals surface area contributed by atoms with Gasteiger partial charge in [0.15, 0.2) is 0 Å². The second-order valence-electron chi connectivity index (χ2n) is 10.2. The third-order valence-electron chi connectivity index (χ3n) is 9.47. The lowest BCUT2D eigenvalue weighted by atomic mass is 9.44. The molecule has 0 saturated heterocycles. The Morgan fingerprint density at radius 1 is 0.870 bits per heavy atom. The van der Waals surface area contributed by atoms with Crippen molar-refractivity contribution in [2.24, 2.45) is 40.4 Å². The van der Waals surface area contributed by atoms with E-state index >= 15 is 0 Å². The van der Waals surface area contributed by atoms with E-state index in [0.29, 0.717) is 10.8 Å². The van der Waals surface area contributed by atoms with Gasteiger partial charge in [0.1, 0.15) is 0 Å². The lowest BCUT2D eigenvalue weighted by Gasteiger charge is -2.61. The van der Waals surface area contributed by atoms with Gasteiger partial charge in [-0.3, -0.25) is 0 Å². The van der Waals surface area contributed by atoms with Crippen LogP contribution in [0.3, 0.4) is 0 Å². The van der Waals surface area contributed by atoms with E-state index in [9.17, 15) is 5.11 Å². The highest BCUT2D eigenvalue weighted by Gasteiger charge is 2.59. The van der Waals surface area contributed by atoms with Crippen LogP contribution in [0.2, 0.25) is 0 Å². The summed E-state index contributed by atoms with van der Waals surface area (Å²) in [6, 6.07) is 0. The fourth-order valence-electron chi connectivity index (χ4n) is 8.17. The normalized spacial score (nSPS) is 55.8. The van der Waals surface area contributed by atoms with Gasteiger partial charge >= 0.3 is 0 Å². The van der Waals surface area contributed by atoms with Crippen molar-refractivity contribution in [2.75, 3.05) is 0 Å². The van der Waals surface area contributed by atoms with Crippen molar-refractivity contribution in [3.63, 3.8) is 0 Å². The van der Waals surface area contributed by atoms with E-state index in [1.165, 1.54) is 57.8 Å². The van der Waals surface area contributed by atoms with Gasteiger partial charge in [0, 0.05) is 0 Å². The fourth-order valence-corrected chi connectivity index (χ4v) is 8.17. The highest BCUT2D eigenvalue weighted by Crippen LogP contribution is 2.67. The van der Waals surface area contributed by atoms with Crippen LogP contribution in [0.1, 0.15) is 91.4 Å². The first-order valence-electron chi connectivity index (χ1n) is 10.7. The minimum atomic E-state index is -0.00102. The Labute approximate surface area is 143 Å². The Morgan fingerprint density at radius 2 is 1.61 bits per heavy atom. The minimum Gasteiger partial charge on any atom is -0.393 e. The Kier molecular flexibility index (Phi) is 4.11. The predicted octanol–water partition coefficient (Wildman–Crippen LogP) is 5.81. The maximum atomic E-state index is 10.1. The zero-order valence-corrected chi connectivity index (χ0v) is 15.7. The molecule has 1 nitrogen and oxygen atoms in total. The van der Waals surface area contributed by atoms with Gasteiger partial charge in [0.05, 0.1) is 6.10 Å². The fraction of sp³-hybridized carbons (Fsp3) is 1.00. The molecule has 0 amide bonds. The Bertz CT molecular complexity index is 445. The van der Waals surface area contributed by atoms with E-state index in [1.54, 1.807) is 0 Å². The topological polar surface area (TPSA) is 20.2 Å². The molecule has 4 rings (SSSR count). The summed E-state index contributed by atoms with van der Waals surface area (Å²) in [5.74, 6) is 4.81. The maximum Gasteiger partial charge on any atom is 0.0543 e. The molecule has 0 heterocycles. The van der Waals surface area contributed by atoms with E-state index in [2.05, 4.69) is 20.8 Å². The Balaban J connectivity index is 1.58. The molecule has 0 aromatic rings. The predicted molar refractivity (Wildman–Crippen MR) is 96.1 cm³/mol. The summed E-state index contributed by atoms with van der Waals surface area (Å²) >= 11 is 0. The second-order valence-corrected chi connectivity index (χ2v) is 10.2. The van der Waals surface area contributed by atoms with Crippen molar-refractivity contribution in [1.82, 2.24) is 0 Å². The first kappa shape index (κ1) is 16.4. The number of rotatable bonds is 2. The van der Waals surface area contributed by atoms with Crippen molar-refractivity contribution in [1.29, 1.82) is 0 Å². The molecular weight excluding hydrogens is 280 g/mol. The molecule has 4 aliphatic carbocycles. The number of aliphatic hydroxyl groups is 1. The van der Waals surface area contributed by atoms with E-state index in [-0.39, 0.29) is 6.10 Å². The van der Waals surface area contributed by atoms with Crippen LogP contribution in [0.5, 0.6) is 0 Å². The molecule has 8 atom stereocenters. The zero-order valence-electron chi connectivity index (χ0n) is 15.7. The molecule has 0 aliphatic heterocycles. The number of fused-ring (bicyclic) bond motifs is 5. The standard InChI is InChI=1S/C22H38O/c1-4-5-15-7-9-19-18-8-6-16-14-17(23)10-12-22(16,3)20(18)11-13-21(15,19)2/h15-20,23H,4-14H2,1-3H3/t15-,16?,17+,18?,19?,20?,21?,22?/m0/s1. The molecule has 0 spiro atoms. The van der Waals surface area contributed by atoms with Crippen LogP contribution in [0.4, 0.5) is 0 Å². The molecular formula is C22H38O. The minimum absolute atomic E-state index is 0.00102. The van der Waals surface area contributed by atoms with Crippen molar-refractivity contribution in [2.45, 2.75) is 97.5 Å². The van der Waals surface area contributed by atoms with Gasteiger partial charge in [-0.25, -0.2) is 0 Å². The van der Waals surface area contributed by atoms with Crippen LogP contribution >= 0.6 is 0 Å². The number of hydrogen-bond donors (Lipinski definition) is 1. The summed E-state index contributed by atoms with van der Waals surface area (Å²) < 4.78 is 0. The van der Waals surface area contributed by atoms with Gasteiger partial charge in [-0.1, -0.05) is 33.6 Å². The molecule has 4 saturated carbocycles. The second kappa shape index (κ2) is 5.75. The molecule has 4 aliphatic rings. The zero-order chi connectivity index (χ0) is 16.2. The van der Waals surface area contributed by atoms with E-state index in [4.69, 9.17) is 0 Å². The SMILES string of the molecule is CCC[C@H]1CCC2C3CCC4C[C@H](O)CCC4(C)C3CCC21C. The quantitative estimate of drug-likeness (QED) is 0.681. The van der Waals surface area contributed by atoms with Crippen molar-refractivity contribution in [3.8, 4) is 0 Å². The van der Waals surface area contributed by atoms with E-state index < -0.39 is 0 Å². The lowest BCUT2D eigenvalue weighted by molar-refractivity contribution is -0.126. The largest absolute Gasteiger partial charge is 0.393 e. The molecule has 0 aromatic carbocycles. The van der Waals surface area contributed by atoms with E-state index in [1.807, 2.05) is 0 Å². The van der Waals surface area contributed by atoms with Crippen molar-refractivity contribution in [3.05, 3.63) is 0 Å². The van der Waals surface area contributed by atoms with Crippen molar-refractivity contribution < 1.29 is 5.11 Å². The molecule has 1 heteroatoms. The Hall–Kier alpha value is -0.0400. The summed E-state index contributed by atoms with van der Waals surface area (Å²) in [4.78, 5) is 0. The van der Waals surface area contributed by atoms with Gasteiger partial charge in [-0.2, -0.15) is 0 Å². The molecule has 6 unspecified atom stereocenters. The van der Waals surface area contributed by atoms with Crippen LogP contribution in [-0.2, 0) is 0 Å². The maximum absolute atomic E-state index is 10.1. The first-order chi connectivity index (χ1) is 11.0. The molecule has 0 radical (unpaired) electrons. The first-order valence-corrected chi connectivity index (χ1v) is 10.7. The Morgan fingerprint density at radius 3 is 2.39 bits per heavy atom. The molecule has 4 fully saturated rings. The summed E-state index contributed by atoms with van der Waals surface area (Å²) in [6.45, 7) is 7.66. The van der Waals surface area contributed by atoms with Crippen LogP contribution in [0.15, 0.2) is 0 Å². The third-order valence-corrected chi connectivity index (χ3v) is 9.47. The van der Waals surface area contributed by atoms with Gasteiger partial charge in [0.2, 0.25) is 0 Å². The average molecular weight is 319 g/mol. The lowest BCUT2D eigenvalue weighted by Crippen LogP contribution is -2.53. The molecule has 0 aromatic heterocycles. The monoisotopic (exact) mass is 318 g/mol. The van der Waals surface area contributed by atoms with Crippen LogP contribution in [-0.4, -0.2) is 11.2 Å². The highest BCUT2D eigenvalue weighted by atomic mass is 16.3. The highest BCUT2D eigenvalue weighted by molar-refractivity contribution is 5.09.